The van der Waals surface area contributed by atoms with Crippen molar-refractivity contribution >= 4 is 61.5 Å². The molecule has 0 atom stereocenters. The van der Waals surface area contributed by atoms with Gasteiger partial charge in [0.15, 0.2) is 6.61 Å². The maximum absolute atomic E-state index is 11.8. The third-order valence-electron chi connectivity index (χ3n) is 2.64. The average molecular weight is 480 g/mol. The van der Waals surface area contributed by atoms with Crippen LogP contribution in [-0.2, 0) is 24.3 Å². The second-order valence-electron chi connectivity index (χ2n) is 4.48. The Labute approximate surface area is 156 Å². The fourth-order valence-corrected chi connectivity index (χ4v) is 4.15. The second-order valence-corrected chi connectivity index (χ2v) is 8.66. The van der Waals surface area contributed by atoms with E-state index in [0.717, 1.165) is 14.9 Å². The van der Waals surface area contributed by atoms with Crippen LogP contribution in [0.25, 0.3) is 0 Å². The van der Waals surface area contributed by atoms with Gasteiger partial charge in [-0.2, -0.15) is 4.72 Å². The molecule has 2 aromatic rings. The summed E-state index contributed by atoms with van der Waals surface area (Å²) in [6.07, 6.45) is 0. The maximum Gasteiger partial charge on any atom is 0.321 e. The minimum atomic E-state index is -3.74. The third-order valence-corrected chi connectivity index (χ3v) is 6.11. The van der Waals surface area contributed by atoms with E-state index in [1.165, 1.54) is 6.07 Å². The third kappa shape index (κ3) is 5.85. The Hall–Kier alpha value is -1.50. The maximum atomic E-state index is 11.8. The lowest BCUT2D eigenvalue weighted by Gasteiger charge is -2.07. The van der Waals surface area contributed by atoms with Gasteiger partial charge in [-0.3, -0.25) is 9.59 Å². The molecule has 0 radical (unpaired) electrons. The average Bonchev–Trinajstić information content (AvgIpc) is 3.06. The van der Waals surface area contributed by atoms with Crippen molar-refractivity contribution in [3.63, 3.8) is 0 Å². The van der Waals surface area contributed by atoms with Gasteiger partial charge in [-0.1, -0.05) is 12.1 Å². The Balaban J connectivity index is 1.76. The molecule has 0 aliphatic heterocycles. The Kier molecular flexibility index (Phi) is 6.71. The van der Waals surface area contributed by atoms with E-state index in [2.05, 4.69) is 32.6 Å². The molecule has 10 heteroatoms. The van der Waals surface area contributed by atoms with Crippen molar-refractivity contribution in [2.45, 2.75) is 4.21 Å². The molecule has 1 amide bonds. The monoisotopic (exact) mass is 480 g/mol. The molecule has 1 aromatic heterocycles. The topological polar surface area (TPSA) is 102 Å². The van der Waals surface area contributed by atoms with Crippen LogP contribution < -0.4 is 10.0 Å². The lowest BCUT2D eigenvalue weighted by atomic mass is 10.3. The van der Waals surface area contributed by atoms with Crippen LogP contribution in [0.1, 0.15) is 0 Å². The highest BCUT2D eigenvalue weighted by atomic mass is 127. The van der Waals surface area contributed by atoms with E-state index in [9.17, 15) is 18.0 Å². The van der Waals surface area contributed by atoms with Crippen molar-refractivity contribution in [1.82, 2.24) is 4.72 Å². The zero-order valence-corrected chi connectivity index (χ0v) is 16.0. The number of nitrogens with one attached hydrogen (secondary N) is 2. The highest BCUT2D eigenvalue weighted by Crippen LogP contribution is 2.15. The number of anilines is 1. The smallest absolute Gasteiger partial charge is 0.321 e. The largest absolute Gasteiger partial charge is 0.455 e. The van der Waals surface area contributed by atoms with Crippen LogP contribution in [0.5, 0.6) is 0 Å². The second kappa shape index (κ2) is 8.55. The van der Waals surface area contributed by atoms with E-state index < -0.39 is 35.1 Å². The predicted molar refractivity (Wildman–Crippen MR) is 98.3 cm³/mol. The van der Waals surface area contributed by atoms with Crippen LogP contribution in [0.3, 0.4) is 0 Å². The van der Waals surface area contributed by atoms with Gasteiger partial charge < -0.3 is 10.1 Å². The summed E-state index contributed by atoms with van der Waals surface area (Å²) < 4.78 is 31.6. The number of carbonyl (C=O) groups is 2. The van der Waals surface area contributed by atoms with Crippen molar-refractivity contribution in [2.75, 3.05) is 18.5 Å². The Bertz CT molecular complexity index is 821. The van der Waals surface area contributed by atoms with Gasteiger partial charge >= 0.3 is 5.97 Å². The number of benzene rings is 1. The van der Waals surface area contributed by atoms with E-state index >= 15 is 0 Å². The number of halogens is 1. The van der Waals surface area contributed by atoms with Crippen molar-refractivity contribution in [3.8, 4) is 0 Å². The van der Waals surface area contributed by atoms with Crippen LogP contribution in [0.2, 0.25) is 0 Å². The van der Waals surface area contributed by atoms with E-state index in [0.29, 0.717) is 5.69 Å². The molecular weight excluding hydrogens is 467 g/mol. The number of carbonyl (C=O) groups excluding carboxylic acids is 2. The fraction of sp³-hybridized carbons (Fsp3) is 0.143. The van der Waals surface area contributed by atoms with Crippen molar-refractivity contribution in [1.29, 1.82) is 0 Å². The van der Waals surface area contributed by atoms with Gasteiger partial charge in [-0.05, 0) is 52.2 Å². The molecule has 0 saturated carbocycles. The standard InChI is InChI=1S/C14H13IN2O5S2/c15-10-3-1-4-11(7-10)17-12(18)9-22-13(19)8-16-24(20,21)14-5-2-6-23-14/h1-7,16H,8-9H2,(H,17,18). The van der Waals surface area contributed by atoms with Gasteiger partial charge in [-0.25, -0.2) is 8.42 Å². The summed E-state index contributed by atoms with van der Waals surface area (Å²) in [4.78, 5) is 23.2. The molecule has 0 fully saturated rings. The Morgan fingerprint density at radius 3 is 2.67 bits per heavy atom. The lowest BCUT2D eigenvalue weighted by molar-refractivity contribution is -0.146. The summed E-state index contributed by atoms with van der Waals surface area (Å²) >= 11 is 3.14. The summed E-state index contributed by atoms with van der Waals surface area (Å²) in [5.41, 5.74) is 0.585. The van der Waals surface area contributed by atoms with Crippen molar-refractivity contribution < 1.29 is 22.7 Å². The summed E-state index contributed by atoms with van der Waals surface area (Å²) in [6.45, 7) is -1.04. The van der Waals surface area contributed by atoms with Crippen LogP contribution in [0.15, 0.2) is 46.0 Å². The molecule has 2 rings (SSSR count). The van der Waals surface area contributed by atoms with Crippen LogP contribution in [0.4, 0.5) is 5.69 Å². The van der Waals surface area contributed by atoms with Crippen LogP contribution in [0, 0.1) is 3.57 Å². The van der Waals surface area contributed by atoms with E-state index in [1.807, 2.05) is 6.07 Å². The molecule has 0 saturated heterocycles. The molecule has 128 valence electrons. The molecule has 1 heterocycles. The summed E-state index contributed by atoms with van der Waals surface area (Å²) in [5.74, 6) is -1.35. The minimum absolute atomic E-state index is 0.103. The highest BCUT2D eigenvalue weighted by molar-refractivity contribution is 14.1. The number of sulfonamides is 1. The van der Waals surface area contributed by atoms with Crippen molar-refractivity contribution in [3.05, 3.63) is 45.3 Å². The Morgan fingerprint density at radius 1 is 1.21 bits per heavy atom. The molecule has 1 aromatic carbocycles. The SMILES string of the molecule is O=C(COC(=O)CNS(=O)(=O)c1cccs1)Nc1cccc(I)c1. The molecule has 2 N–H and O–H groups in total. The van der Waals surface area contributed by atoms with Gasteiger partial charge in [0.1, 0.15) is 10.8 Å². The van der Waals surface area contributed by atoms with Gasteiger partial charge in [0.05, 0.1) is 0 Å². The number of hydrogen-bond acceptors (Lipinski definition) is 6. The predicted octanol–water partition coefficient (Wildman–Crippen LogP) is 1.81. The highest BCUT2D eigenvalue weighted by Gasteiger charge is 2.17. The molecule has 0 unspecified atom stereocenters. The number of esters is 1. The molecule has 24 heavy (non-hydrogen) atoms. The molecule has 7 nitrogen and oxygen atoms in total. The first-order chi connectivity index (χ1) is 11.4. The summed E-state index contributed by atoms with van der Waals surface area (Å²) in [5, 5.41) is 4.19. The molecule has 0 aliphatic carbocycles. The van der Waals surface area contributed by atoms with Crippen LogP contribution in [-0.4, -0.2) is 33.4 Å². The van der Waals surface area contributed by atoms with Crippen LogP contribution >= 0.6 is 33.9 Å². The summed E-state index contributed by atoms with van der Waals surface area (Å²) in [7, 11) is -3.74. The first kappa shape index (κ1) is 18.8. The number of amides is 1. The summed E-state index contributed by atoms with van der Waals surface area (Å²) in [6, 6.07) is 10.1. The molecular formula is C14H13IN2O5S2. The van der Waals surface area contributed by atoms with Crippen molar-refractivity contribution in [2.24, 2.45) is 0 Å². The van der Waals surface area contributed by atoms with Gasteiger partial charge in [-0.15, -0.1) is 11.3 Å². The quantitative estimate of drug-likeness (QED) is 0.465. The van der Waals surface area contributed by atoms with E-state index in [-0.39, 0.29) is 4.21 Å². The lowest BCUT2D eigenvalue weighted by Crippen LogP contribution is -2.32. The molecule has 0 bridgehead atoms. The first-order valence-electron chi connectivity index (χ1n) is 6.61. The molecule has 0 aliphatic rings. The minimum Gasteiger partial charge on any atom is -0.455 e. The number of thiophene rings is 1. The fourth-order valence-electron chi connectivity index (χ4n) is 1.60. The van der Waals surface area contributed by atoms with E-state index in [4.69, 9.17) is 4.74 Å². The Morgan fingerprint density at radius 2 is 2.00 bits per heavy atom. The first-order valence-corrected chi connectivity index (χ1v) is 10.1. The van der Waals surface area contributed by atoms with Gasteiger partial charge in [0, 0.05) is 9.26 Å². The molecule has 0 spiro atoms. The zero-order chi connectivity index (χ0) is 17.6. The van der Waals surface area contributed by atoms with Gasteiger partial charge in [0.25, 0.3) is 15.9 Å². The zero-order valence-electron chi connectivity index (χ0n) is 12.2. The number of ether oxygens (including phenoxy) is 1. The normalized spacial score (nSPS) is 11.0. The van der Waals surface area contributed by atoms with Gasteiger partial charge in [0.2, 0.25) is 0 Å². The number of rotatable bonds is 7. The van der Waals surface area contributed by atoms with E-state index in [1.54, 1.807) is 29.6 Å². The number of hydrogen-bond donors (Lipinski definition) is 2.